The zero-order valence-electron chi connectivity index (χ0n) is 10.0. The van der Waals surface area contributed by atoms with Gasteiger partial charge in [0.05, 0.1) is 12.1 Å². The molecule has 1 N–H and O–H groups in total. The third kappa shape index (κ3) is 2.54. The summed E-state index contributed by atoms with van der Waals surface area (Å²) < 4.78 is 0. The van der Waals surface area contributed by atoms with Crippen molar-refractivity contribution < 1.29 is 9.90 Å². The van der Waals surface area contributed by atoms with Crippen LogP contribution in [0.1, 0.15) is 33.6 Å². The van der Waals surface area contributed by atoms with E-state index in [1.165, 1.54) is 11.0 Å². The fraction of sp³-hybridized carbons (Fsp3) is 0.667. The van der Waals surface area contributed by atoms with E-state index in [0.29, 0.717) is 6.54 Å². The SMILES string of the molecule is CC(C)(C)C1C(=CC#N)CCCN1C(=O)O. The summed E-state index contributed by atoms with van der Waals surface area (Å²) in [5, 5.41) is 17.9. The third-order valence-corrected chi connectivity index (χ3v) is 2.84. The van der Waals surface area contributed by atoms with Crippen LogP contribution in [0.4, 0.5) is 4.79 Å². The molecule has 1 aliphatic rings. The maximum atomic E-state index is 11.2. The normalized spacial score (nSPS) is 24.2. The maximum absolute atomic E-state index is 11.2. The zero-order valence-corrected chi connectivity index (χ0v) is 10.0. The topological polar surface area (TPSA) is 64.3 Å². The summed E-state index contributed by atoms with van der Waals surface area (Å²) in [5.41, 5.74) is 0.755. The minimum atomic E-state index is -0.900. The van der Waals surface area contributed by atoms with Gasteiger partial charge in [0.1, 0.15) is 0 Å². The number of hydrogen-bond acceptors (Lipinski definition) is 2. The van der Waals surface area contributed by atoms with E-state index in [1.807, 2.05) is 26.8 Å². The van der Waals surface area contributed by atoms with Gasteiger partial charge in [0, 0.05) is 12.6 Å². The van der Waals surface area contributed by atoms with Crippen LogP contribution in [0.15, 0.2) is 11.6 Å². The van der Waals surface area contributed by atoms with Crippen molar-refractivity contribution in [3.05, 3.63) is 11.6 Å². The Morgan fingerprint density at radius 2 is 2.25 bits per heavy atom. The first-order valence-electron chi connectivity index (χ1n) is 5.46. The van der Waals surface area contributed by atoms with Crippen LogP contribution in [0.2, 0.25) is 0 Å². The van der Waals surface area contributed by atoms with Gasteiger partial charge >= 0.3 is 6.09 Å². The lowest BCUT2D eigenvalue weighted by Gasteiger charge is -2.43. The van der Waals surface area contributed by atoms with E-state index in [9.17, 15) is 9.90 Å². The lowest BCUT2D eigenvalue weighted by Crippen LogP contribution is -2.50. The predicted molar refractivity (Wildman–Crippen MR) is 60.9 cm³/mol. The highest BCUT2D eigenvalue weighted by Gasteiger charge is 2.38. The van der Waals surface area contributed by atoms with Gasteiger partial charge in [0.25, 0.3) is 0 Å². The van der Waals surface area contributed by atoms with Crippen molar-refractivity contribution in [3.8, 4) is 6.07 Å². The zero-order chi connectivity index (χ0) is 12.3. The van der Waals surface area contributed by atoms with Gasteiger partial charge in [-0.2, -0.15) is 5.26 Å². The Morgan fingerprint density at radius 3 is 2.69 bits per heavy atom. The predicted octanol–water partition coefficient (Wildman–Crippen LogP) is 2.62. The highest BCUT2D eigenvalue weighted by Crippen LogP contribution is 2.35. The van der Waals surface area contributed by atoms with Gasteiger partial charge in [0.15, 0.2) is 0 Å². The first-order chi connectivity index (χ1) is 7.38. The average molecular weight is 222 g/mol. The molecule has 0 radical (unpaired) electrons. The van der Waals surface area contributed by atoms with Gasteiger partial charge in [-0.05, 0) is 23.8 Å². The summed E-state index contributed by atoms with van der Waals surface area (Å²) in [7, 11) is 0. The van der Waals surface area contributed by atoms with Gasteiger partial charge in [-0.25, -0.2) is 4.79 Å². The molecule has 0 aromatic carbocycles. The van der Waals surface area contributed by atoms with E-state index in [0.717, 1.165) is 18.4 Å². The smallest absolute Gasteiger partial charge is 0.407 e. The standard InChI is InChI=1S/C12H18N2O2/c1-12(2,3)10-9(6-7-13)5-4-8-14(10)11(15)16/h6,10H,4-5,8H2,1-3H3,(H,15,16). The Kier molecular flexibility index (Phi) is 3.58. The lowest BCUT2D eigenvalue weighted by molar-refractivity contribution is 0.0849. The molecule has 1 heterocycles. The van der Waals surface area contributed by atoms with Crippen molar-refractivity contribution in [1.29, 1.82) is 5.26 Å². The number of amides is 1. The average Bonchev–Trinajstić information content (AvgIpc) is 2.16. The van der Waals surface area contributed by atoms with Gasteiger partial charge in [0.2, 0.25) is 0 Å². The van der Waals surface area contributed by atoms with Gasteiger partial charge < -0.3 is 10.0 Å². The van der Waals surface area contributed by atoms with Gasteiger partial charge in [-0.1, -0.05) is 20.8 Å². The highest BCUT2D eigenvalue weighted by atomic mass is 16.4. The molecule has 1 atom stereocenters. The van der Waals surface area contributed by atoms with Crippen LogP contribution in [0.25, 0.3) is 0 Å². The summed E-state index contributed by atoms with van der Waals surface area (Å²) in [6, 6.07) is 1.84. The molecule has 1 rings (SSSR count). The Labute approximate surface area is 96.2 Å². The molecule has 0 saturated carbocycles. The van der Waals surface area contributed by atoms with Gasteiger partial charge in [-0.15, -0.1) is 0 Å². The van der Waals surface area contributed by atoms with E-state index in [4.69, 9.17) is 5.26 Å². The molecule has 4 heteroatoms. The first kappa shape index (κ1) is 12.6. The fourth-order valence-corrected chi connectivity index (χ4v) is 2.38. The van der Waals surface area contributed by atoms with E-state index >= 15 is 0 Å². The Morgan fingerprint density at radius 1 is 1.62 bits per heavy atom. The van der Waals surface area contributed by atoms with E-state index < -0.39 is 6.09 Å². The Hall–Kier alpha value is -1.50. The van der Waals surface area contributed by atoms with E-state index in [-0.39, 0.29) is 11.5 Å². The minimum Gasteiger partial charge on any atom is -0.465 e. The van der Waals surface area contributed by atoms with Crippen LogP contribution < -0.4 is 0 Å². The highest BCUT2D eigenvalue weighted by molar-refractivity contribution is 5.66. The maximum Gasteiger partial charge on any atom is 0.407 e. The van der Waals surface area contributed by atoms with Crippen molar-refractivity contribution >= 4 is 6.09 Å². The molecule has 1 saturated heterocycles. The number of rotatable bonds is 0. The molecule has 0 spiro atoms. The number of nitriles is 1. The molecule has 88 valence electrons. The van der Waals surface area contributed by atoms with Crippen LogP contribution in [0, 0.1) is 16.7 Å². The quantitative estimate of drug-likeness (QED) is 0.641. The second-order valence-corrected chi connectivity index (χ2v) is 5.20. The Bertz CT molecular complexity index is 347. The first-order valence-corrected chi connectivity index (χ1v) is 5.46. The molecule has 0 aromatic rings. The van der Waals surface area contributed by atoms with Crippen LogP contribution in [-0.2, 0) is 0 Å². The molecule has 1 aliphatic heterocycles. The van der Waals surface area contributed by atoms with Crippen molar-refractivity contribution in [3.63, 3.8) is 0 Å². The minimum absolute atomic E-state index is 0.179. The molecule has 0 aromatic heterocycles. The Balaban J connectivity index is 3.10. The number of allylic oxidation sites excluding steroid dienone is 1. The van der Waals surface area contributed by atoms with Crippen molar-refractivity contribution in [2.75, 3.05) is 6.54 Å². The second-order valence-electron chi connectivity index (χ2n) is 5.20. The van der Waals surface area contributed by atoms with Gasteiger partial charge in [-0.3, -0.25) is 0 Å². The van der Waals surface area contributed by atoms with E-state index in [1.54, 1.807) is 0 Å². The largest absolute Gasteiger partial charge is 0.465 e. The summed E-state index contributed by atoms with van der Waals surface area (Å²) in [5.74, 6) is 0. The van der Waals surface area contributed by atoms with Crippen LogP contribution in [-0.4, -0.2) is 28.7 Å². The molecule has 1 amide bonds. The second kappa shape index (κ2) is 4.56. The molecule has 0 bridgehead atoms. The summed E-state index contributed by atoms with van der Waals surface area (Å²) in [6.45, 7) is 6.57. The third-order valence-electron chi connectivity index (χ3n) is 2.84. The molecule has 1 unspecified atom stereocenters. The molecule has 0 aliphatic carbocycles. The fourth-order valence-electron chi connectivity index (χ4n) is 2.38. The van der Waals surface area contributed by atoms with Crippen LogP contribution in [0.3, 0.4) is 0 Å². The number of likely N-dealkylation sites (tertiary alicyclic amines) is 1. The molecule has 1 fully saturated rings. The number of nitrogens with zero attached hydrogens (tertiary/aromatic N) is 2. The summed E-state index contributed by atoms with van der Waals surface area (Å²) in [6.07, 6.45) is 2.22. The van der Waals surface area contributed by atoms with Crippen molar-refractivity contribution in [1.82, 2.24) is 4.90 Å². The molecule has 4 nitrogen and oxygen atoms in total. The number of hydrogen-bond donors (Lipinski definition) is 1. The van der Waals surface area contributed by atoms with Crippen LogP contribution in [0.5, 0.6) is 0 Å². The molecular formula is C12H18N2O2. The number of carboxylic acid groups (broad SMARTS) is 1. The lowest BCUT2D eigenvalue weighted by atomic mass is 9.77. The molecular weight excluding hydrogens is 204 g/mol. The van der Waals surface area contributed by atoms with E-state index in [2.05, 4.69) is 0 Å². The van der Waals surface area contributed by atoms with Crippen molar-refractivity contribution in [2.45, 2.75) is 39.7 Å². The summed E-state index contributed by atoms with van der Waals surface area (Å²) >= 11 is 0. The monoisotopic (exact) mass is 222 g/mol. The van der Waals surface area contributed by atoms with Crippen molar-refractivity contribution in [2.24, 2.45) is 5.41 Å². The number of carbonyl (C=O) groups is 1. The molecule has 16 heavy (non-hydrogen) atoms. The number of piperidine rings is 1. The summed E-state index contributed by atoms with van der Waals surface area (Å²) in [4.78, 5) is 12.6. The van der Waals surface area contributed by atoms with Crippen LogP contribution >= 0.6 is 0 Å².